The van der Waals surface area contributed by atoms with Crippen molar-refractivity contribution in [3.05, 3.63) is 29.8 Å². The van der Waals surface area contributed by atoms with Crippen molar-refractivity contribution in [2.24, 2.45) is 11.3 Å². The largest absolute Gasteiger partial charge is 0.496 e. The first-order valence-electron chi connectivity index (χ1n) is 7.65. The summed E-state index contributed by atoms with van der Waals surface area (Å²) in [5.41, 5.74) is 1.07. The summed E-state index contributed by atoms with van der Waals surface area (Å²) in [6.45, 7) is 6.64. The summed E-state index contributed by atoms with van der Waals surface area (Å²) in [5.74, 6) is 1.49. The van der Waals surface area contributed by atoms with Crippen LogP contribution >= 0.6 is 0 Å². The first kappa shape index (κ1) is 16.3. The highest BCUT2D eigenvalue weighted by molar-refractivity contribution is 5.36. The van der Waals surface area contributed by atoms with Crippen molar-refractivity contribution >= 4 is 0 Å². The number of benzene rings is 1. The van der Waals surface area contributed by atoms with Crippen LogP contribution in [0.15, 0.2) is 24.3 Å². The number of aliphatic hydroxyl groups is 1. The van der Waals surface area contributed by atoms with E-state index in [0.29, 0.717) is 19.1 Å². The highest BCUT2D eigenvalue weighted by Crippen LogP contribution is 2.32. The van der Waals surface area contributed by atoms with Crippen molar-refractivity contribution in [3.8, 4) is 5.75 Å². The van der Waals surface area contributed by atoms with Gasteiger partial charge in [-0.05, 0) is 18.4 Å². The fourth-order valence-electron chi connectivity index (χ4n) is 2.73. The van der Waals surface area contributed by atoms with Crippen LogP contribution in [0.25, 0.3) is 0 Å². The van der Waals surface area contributed by atoms with Gasteiger partial charge in [-0.15, -0.1) is 0 Å². The lowest BCUT2D eigenvalue weighted by Crippen LogP contribution is -2.52. The van der Waals surface area contributed by atoms with Gasteiger partial charge in [-0.2, -0.15) is 0 Å². The molecule has 1 aromatic carbocycles. The Bertz CT molecular complexity index is 438. The molecule has 1 unspecified atom stereocenters. The second-order valence-corrected chi connectivity index (χ2v) is 6.46. The fraction of sp³-hybridized carbons (Fsp3) is 0.647. The first-order valence-corrected chi connectivity index (χ1v) is 7.65. The minimum atomic E-state index is -0.114. The average Bonchev–Trinajstić information content (AvgIpc) is 2.45. The predicted octanol–water partition coefficient (Wildman–Crippen LogP) is 2.38. The van der Waals surface area contributed by atoms with Crippen molar-refractivity contribution in [3.63, 3.8) is 0 Å². The van der Waals surface area contributed by atoms with E-state index in [9.17, 15) is 5.11 Å². The van der Waals surface area contributed by atoms with Gasteiger partial charge in [0.2, 0.25) is 0 Å². The SMILES string of the molecule is COc1ccccc1C(CC(C)C)NCC1(CO)COC1. The van der Waals surface area contributed by atoms with E-state index in [1.165, 1.54) is 5.56 Å². The van der Waals surface area contributed by atoms with Gasteiger partial charge in [0.1, 0.15) is 5.75 Å². The van der Waals surface area contributed by atoms with Gasteiger partial charge in [0.05, 0.1) is 32.3 Å². The van der Waals surface area contributed by atoms with Crippen molar-refractivity contribution in [2.75, 3.05) is 33.5 Å². The first-order chi connectivity index (χ1) is 10.1. The van der Waals surface area contributed by atoms with Crippen molar-refractivity contribution in [1.29, 1.82) is 0 Å². The van der Waals surface area contributed by atoms with Crippen LogP contribution in [0.4, 0.5) is 0 Å². The van der Waals surface area contributed by atoms with Crippen LogP contribution in [-0.2, 0) is 4.74 Å². The summed E-state index contributed by atoms with van der Waals surface area (Å²) in [6, 6.07) is 8.37. The molecule has 1 aliphatic heterocycles. The van der Waals surface area contributed by atoms with Gasteiger partial charge < -0.3 is 19.9 Å². The lowest BCUT2D eigenvalue weighted by molar-refractivity contribution is -0.135. The number of hydrogen-bond donors (Lipinski definition) is 2. The van der Waals surface area contributed by atoms with Gasteiger partial charge in [-0.3, -0.25) is 0 Å². The minimum absolute atomic E-state index is 0.114. The summed E-state index contributed by atoms with van der Waals surface area (Å²) in [4.78, 5) is 0. The van der Waals surface area contributed by atoms with Crippen molar-refractivity contribution in [1.82, 2.24) is 5.32 Å². The van der Waals surface area contributed by atoms with E-state index in [1.807, 2.05) is 18.2 Å². The molecule has 1 aliphatic rings. The molecule has 0 aliphatic carbocycles. The van der Waals surface area contributed by atoms with Gasteiger partial charge in [0, 0.05) is 18.2 Å². The number of para-hydroxylation sites is 1. The van der Waals surface area contributed by atoms with E-state index >= 15 is 0 Å². The Labute approximate surface area is 127 Å². The molecule has 118 valence electrons. The zero-order valence-electron chi connectivity index (χ0n) is 13.3. The standard InChI is InChI=1S/C17H27NO3/c1-13(2)8-15(14-6-4-5-7-16(14)20-3)18-9-17(10-19)11-21-12-17/h4-7,13,15,18-19H,8-12H2,1-3H3. The fourth-order valence-corrected chi connectivity index (χ4v) is 2.73. The highest BCUT2D eigenvalue weighted by Gasteiger charge is 2.38. The number of hydrogen-bond acceptors (Lipinski definition) is 4. The molecule has 1 atom stereocenters. The van der Waals surface area contributed by atoms with E-state index in [4.69, 9.17) is 9.47 Å². The monoisotopic (exact) mass is 293 g/mol. The second kappa shape index (κ2) is 7.25. The molecule has 1 saturated heterocycles. The minimum Gasteiger partial charge on any atom is -0.496 e. The molecule has 0 bridgehead atoms. The molecular formula is C17H27NO3. The maximum atomic E-state index is 9.56. The molecule has 4 heteroatoms. The molecule has 1 fully saturated rings. The Hall–Kier alpha value is -1.10. The van der Waals surface area contributed by atoms with E-state index in [-0.39, 0.29) is 18.1 Å². The normalized spacial score (nSPS) is 18.3. The Morgan fingerprint density at radius 3 is 2.57 bits per heavy atom. The maximum Gasteiger partial charge on any atom is 0.123 e. The lowest BCUT2D eigenvalue weighted by Gasteiger charge is -2.41. The molecule has 2 rings (SSSR count). The lowest BCUT2D eigenvalue weighted by atomic mass is 9.86. The van der Waals surface area contributed by atoms with Crippen LogP contribution in [0.2, 0.25) is 0 Å². The third kappa shape index (κ3) is 3.96. The smallest absolute Gasteiger partial charge is 0.123 e. The van der Waals surface area contributed by atoms with Crippen LogP contribution in [0, 0.1) is 11.3 Å². The second-order valence-electron chi connectivity index (χ2n) is 6.46. The average molecular weight is 293 g/mol. The number of aliphatic hydroxyl groups excluding tert-OH is 1. The van der Waals surface area contributed by atoms with Gasteiger partial charge in [0.25, 0.3) is 0 Å². The molecule has 4 nitrogen and oxygen atoms in total. The molecule has 2 N–H and O–H groups in total. The number of rotatable bonds is 8. The van der Waals surface area contributed by atoms with Crippen LogP contribution in [0.3, 0.4) is 0 Å². The Kier molecular flexibility index (Phi) is 5.62. The maximum absolute atomic E-state index is 9.56. The van der Waals surface area contributed by atoms with Crippen molar-refractivity contribution in [2.45, 2.75) is 26.3 Å². The molecule has 21 heavy (non-hydrogen) atoms. The number of ether oxygens (including phenoxy) is 2. The van der Waals surface area contributed by atoms with E-state index in [1.54, 1.807) is 7.11 Å². The Morgan fingerprint density at radius 2 is 2.05 bits per heavy atom. The zero-order chi connectivity index (χ0) is 15.3. The molecule has 1 heterocycles. The van der Waals surface area contributed by atoms with Crippen LogP contribution in [0.5, 0.6) is 5.75 Å². The molecule has 0 spiro atoms. The summed E-state index contributed by atoms with van der Waals surface area (Å²) >= 11 is 0. The Balaban J connectivity index is 2.10. The third-order valence-electron chi connectivity index (χ3n) is 4.10. The summed E-state index contributed by atoms with van der Waals surface area (Å²) in [7, 11) is 1.71. The van der Waals surface area contributed by atoms with Crippen LogP contribution < -0.4 is 10.1 Å². The van der Waals surface area contributed by atoms with Gasteiger partial charge in [-0.25, -0.2) is 0 Å². The van der Waals surface area contributed by atoms with E-state index in [2.05, 4.69) is 25.2 Å². The van der Waals surface area contributed by atoms with Gasteiger partial charge >= 0.3 is 0 Å². The van der Waals surface area contributed by atoms with Crippen LogP contribution in [0.1, 0.15) is 31.9 Å². The third-order valence-corrected chi connectivity index (χ3v) is 4.10. The van der Waals surface area contributed by atoms with E-state index < -0.39 is 0 Å². The van der Waals surface area contributed by atoms with Gasteiger partial charge in [-0.1, -0.05) is 32.0 Å². The zero-order valence-corrected chi connectivity index (χ0v) is 13.3. The number of methoxy groups -OCH3 is 1. The topological polar surface area (TPSA) is 50.7 Å². The summed E-state index contributed by atoms with van der Waals surface area (Å²) in [6.07, 6.45) is 1.03. The molecule has 0 aromatic heterocycles. The van der Waals surface area contributed by atoms with Crippen LogP contribution in [-0.4, -0.2) is 38.6 Å². The predicted molar refractivity (Wildman–Crippen MR) is 83.5 cm³/mol. The number of nitrogens with one attached hydrogen (secondary N) is 1. The quantitative estimate of drug-likeness (QED) is 0.772. The molecule has 0 amide bonds. The molecule has 1 aromatic rings. The van der Waals surface area contributed by atoms with Gasteiger partial charge in [0.15, 0.2) is 0 Å². The highest BCUT2D eigenvalue weighted by atomic mass is 16.5. The van der Waals surface area contributed by atoms with E-state index in [0.717, 1.165) is 18.7 Å². The molecular weight excluding hydrogens is 266 g/mol. The van der Waals surface area contributed by atoms with Crippen molar-refractivity contribution < 1.29 is 14.6 Å². The summed E-state index contributed by atoms with van der Waals surface area (Å²) in [5, 5.41) is 13.2. The summed E-state index contributed by atoms with van der Waals surface area (Å²) < 4.78 is 10.8. The molecule has 0 radical (unpaired) electrons. The molecule has 0 saturated carbocycles. The Morgan fingerprint density at radius 1 is 1.33 bits per heavy atom.